The summed E-state index contributed by atoms with van der Waals surface area (Å²) in [5.74, 6) is -1.72. The van der Waals surface area contributed by atoms with E-state index in [0.29, 0.717) is 36.3 Å². The summed E-state index contributed by atoms with van der Waals surface area (Å²) >= 11 is 0. The van der Waals surface area contributed by atoms with E-state index in [1.165, 1.54) is 31.4 Å². The highest BCUT2D eigenvalue weighted by molar-refractivity contribution is 5.94. The lowest BCUT2D eigenvalue weighted by Gasteiger charge is -2.31. The number of hydrogen-bond acceptors (Lipinski definition) is 6. The van der Waals surface area contributed by atoms with Crippen LogP contribution in [0.15, 0.2) is 34.7 Å². The molecule has 154 valence electrons. The minimum atomic E-state index is -0.595. The standard InChI is InChI=1S/C21H22FNO6/c1-13-10-17(29-18(13)21(26)27-2)12-28-20(25)15-4-3-9-23(11-15)19(24)14-5-7-16(22)8-6-14/h5-8,10,15H,3-4,9,11-12H2,1-2H3. The first-order chi connectivity index (χ1) is 13.9. The van der Waals surface area contributed by atoms with E-state index in [1.807, 2.05) is 0 Å². The molecule has 8 heteroatoms. The minimum Gasteiger partial charge on any atom is -0.463 e. The highest BCUT2D eigenvalue weighted by atomic mass is 19.1. The van der Waals surface area contributed by atoms with Gasteiger partial charge in [-0.15, -0.1) is 0 Å². The molecule has 2 heterocycles. The Morgan fingerprint density at radius 1 is 1.24 bits per heavy atom. The van der Waals surface area contributed by atoms with Gasteiger partial charge in [0, 0.05) is 24.2 Å². The van der Waals surface area contributed by atoms with Crippen molar-refractivity contribution in [2.24, 2.45) is 5.92 Å². The summed E-state index contributed by atoms with van der Waals surface area (Å²) in [6.07, 6.45) is 1.27. The molecule has 0 N–H and O–H groups in total. The zero-order valence-electron chi connectivity index (χ0n) is 16.3. The number of furan rings is 1. The summed E-state index contributed by atoms with van der Waals surface area (Å²) in [5.41, 5.74) is 0.971. The molecular weight excluding hydrogens is 381 g/mol. The van der Waals surface area contributed by atoms with Gasteiger partial charge in [0.25, 0.3) is 5.91 Å². The van der Waals surface area contributed by atoms with Crippen molar-refractivity contribution in [2.75, 3.05) is 20.2 Å². The third-order valence-corrected chi connectivity index (χ3v) is 4.83. The fraction of sp³-hybridized carbons (Fsp3) is 0.381. The number of carbonyl (C=O) groups excluding carboxylic acids is 3. The molecule has 0 bridgehead atoms. The van der Waals surface area contributed by atoms with E-state index in [2.05, 4.69) is 4.74 Å². The van der Waals surface area contributed by atoms with Gasteiger partial charge in [0.1, 0.15) is 18.2 Å². The Balaban J connectivity index is 1.58. The van der Waals surface area contributed by atoms with Gasteiger partial charge in [-0.1, -0.05) is 0 Å². The molecule has 1 amide bonds. The van der Waals surface area contributed by atoms with Gasteiger partial charge in [-0.05, 0) is 50.1 Å². The molecule has 1 saturated heterocycles. The van der Waals surface area contributed by atoms with Gasteiger partial charge in [0.05, 0.1) is 13.0 Å². The number of esters is 2. The summed E-state index contributed by atoms with van der Waals surface area (Å²) in [5, 5.41) is 0. The Hall–Kier alpha value is -3.16. The molecule has 1 aromatic heterocycles. The van der Waals surface area contributed by atoms with E-state index in [9.17, 15) is 18.8 Å². The highest BCUT2D eigenvalue weighted by Crippen LogP contribution is 2.22. The van der Waals surface area contributed by atoms with Crippen LogP contribution < -0.4 is 0 Å². The van der Waals surface area contributed by atoms with E-state index in [0.717, 1.165) is 0 Å². The van der Waals surface area contributed by atoms with E-state index < -0.39 is 23.7 Å². The number of halogens is 1. The summed E-state index contributed by atoms with van der Waals surface area (Å²) in [4.78, 5) is 38.2. The Morgan fingerprint density at radius 2 is 1.97 bits per heavy atom. The van der Waals surface area contributed by atoms with E-state index in [4.69, 9.17) is 9.15 Å². The largest absolute Gasteiger partial charge is 0.463 e. The Kier molecular flexibility index (Phi) is 6.31. The fourth-order valence-electron chi connectivity index (χ4n) is 3.30. The topological polar surface area (TPSA) is 86.1 Å². The molecule has 1 aromatic carbocycles. The zero-order chi connectivity index (χ0) is 21.0. The monoisotopic (exact) mass is 403 g/mol. The van der Waals surface area contributed by atoms with Gasteiger partial charge in [0.2, 0.25) is 5.76 Å². The third-order valence-electron chi connectivity index (χ3n) is 4.83. The maximum Gasteiger partial charge on any atom is 0.374 e. The van der Waals surface area contributed by atoms with Crippen LogP contribution in [0.4, 0.5) is 4.39 Å². The van der Waals surface area contributed by atoms with Crippen molar-refractivity contribution >= 4 is 17.8 Å². The predicted molar refractivity (Wildman–Crippen MR) is 99.6 cm³/mol. The number of nitrogens with zero attached hydrogens (tertiary/aromatic N) is 1. The molecule has 1 aliphatic rings. The summed E-state index contributed by atoms with van der Waals surface area (Å²) < 4.78 is 28.4. The molecule has 1 unspecified atom stereocenters. The van der Waals surface area contributed by atoms with Gasteiger partial charge in [-0.2, -0.15) is 0 Å². The van der Waals surface area contributed by atoms with Gasteiger partial charge < -0.3 is 18.8 Å². The SMILES string of the molecule is COC(=O)c1oc(COC(=O)C2CCCN(C(=O)c3ccc(F)cc3)C2)cc1C. The number of ether oxygens (including phenoxy) is 2. The first-order valence-corrected chi connectivity index (χ1v) is 9.28. The number of benzene rings is 1. The van der Waals surface area contributed by atoms with Crippen LogP contribution in [-0.2, 0) is 20.9 Å². The van der Waals surface area contributed by atoms with Crippen LogP contribution in [-0.4, -0.2) is 42.9 Å². The van der Waals surface area contributed by atoms with E-state index in [-0.39, 0.29) is 24.8 Å². The van der Waals surface area contributed by atoms with Crippen molar-refractivity contribution in [1.82, 2.24) is 4.90 Å². The van der Waals surface area contributed by atoms with Crippen molar-refractivity contribution in [2.45, 2.75) is 26.4 Å². The molecule has 29 heavy (non-hydrogen) atoms. The van der Waals surface area contributed by atoms with Crippen molar-refractivity contribution < 1.29 is 32.7 Å². The number of likely N-dealkylation sites (tertiary alicyclic amines) is 1. The van der Waals surface area contributed by atoms with Crippen LogP contribution in [0.1, 0.15) is 45.1 Å². The van der Waals surface area contributed by atoms with Crippen LogP contribution in [0.2, 0.25) is 0 Å². The van der Waals surface area contributed by atoms with Crippen LogP contribution in [0, 0.1) is 18.7 Å². The molecule has 0 spiro atoms. The molecule has 0 aliphatic carbocycles. The Morgan fingerprint density at radius 3 is 2.66 bits per heavy atom. The van der Waals surface area contributed by atoms with Crippen molar-refractivity contribution in [3.63, 3.8) is 0 Å². The Bertz CT molecular complexity index is 904. The van der Waals surface area contributed by atoms with Crippen molar-refractivity contribution in [3.05, 3.63) is 58.8 Å². The normalized spacial score (nSPS) is 16.4. The molecule has 2 aromatic rings. The van der Waals surface area contributed by atoms with Gasteiger partial charge in [-0.25, -0.2) is 9.18 Å². The average molecular weight is 403 g/mol. The number of rotatable bonds is 5. The van der Waals surface area contributed by atoms with Crippen LogP contribution in [0.3, 0.4) is 0 Å². The molecule has 3 rings (SSSR count). The quantitative estimate of drug-likeness (QED) is 0.713. The highest BCUT2D eigenvalue weighted by Gasteiger charge is 2.30. The number of piperidine rings is 1. The molecule has 0 radical (unpaired) electrons. The lowest BCUT2D eigenvalue weighted by Crippen LogP contribution is -2.42. The molecular formula is C21H22FNO6. The number of methoxy groups -OCH3 is 1. The summed E-state index contributed by atoms with van der Waals surface area (Å²) in [6.45, 7) is 2.35. The lowest BCUT2D eigenvalue weighted by atomic mass is 9.97. The smallest absolute Gasteiger partial charge is 0.374 e. The van der Waals surface area contributed by atoms with Crippen LogP contribution in [0.5, 0.6) is 0 Å². The maximum absolute atomic E-state index is 13.1. The zero-order valence-corrected chi connectivity index (χ0v) is 16.3. The Labute approximate surface area is 167 Å². The van der Waals surface area contributed by atoms with Crippen molar-refractivity contribution in [3.8, 4) is 0 Å². The van der Waals surface area contributed by atoms with Gasteiger partial charge in [-0.3, -0.25) is 9.59 Å². The predicted octanol–water partition coefficient (Wildman–Crippen LogP) is 3.11. The van der Waals surface area contributed by atoms with Crippen LogP contribution >= 0.6 is 0 Å². The second-order valence-electron chi connectivity index (χ2n) is 6.92. The number of amides is 1. The minimum absolute atomic E-state index is 0.0762. The van der Waals surface area contributed by atoms with Gasteiger partial charge in [0.15, 0.2) is 0 Å². The summed E-state index contributed by atoms with van der Waals surface area (Å²) in [7, 11) is 1.26. The number of aryl methyl sites for hydroxylation is 1. The number of hydrogen-bond donors (Lipinski definition) is 0. The molecule has 1 fully saturated rings. The third kappa shape index (κ3) is 4.82. The second-order valence-corrected chi connectivity index (χ2v) is 6.92. The molecule has 0 saturated carbocycles. The fourth-order valence-corrected chi connectivity index (χ4v) is 3.30. The molecule has 7 nitrogen and oxygen atoms in total. The maximum atomic E-state index is 13.1. The van der Waals surface area contributed by atoms with Gasteiger partial charge >= 0.3 is 11.9 Å². The lowest BCUT2D eigenvalue weighted by molar-refractivity contribution is -0.152. The number of carbonyl (C=O) groups is 3. The summed E-state index contributed by atoms with van der Waals surface area (Å²) in [6, 6.07) is 6.94. The average Bonchev–Trinajstić information content (AvgIpc) is 3.12. The second kappa shape index (κ2) is 8.89. The molecule has 1 atom stereocenters. The van der Waals surface area contributed by atoms with E-state index in [1.54, 1.807) is 17.9 Å². The van der Waals surface area contributed by atoms with Crippen LogP contribution in [0.25, 0.3) is 0 Å². The van der Waals surface area contributed by atoms with E-state index >= 15 is 0 Å². The van der Waals surface area contributed by atoms with Crippen molar-refractivity contribution in [1.29, 1.82) is 0 Å². The molecule has 1 aliphatic heterocycles. The first-order valence-electron chi connectivity index (χ1n) is 9.28. The first kappa shape index (κ1) is 20.6.